The van der Waals surface area contributed by atoms with Gasteiger partial charge in [-0.05, 0) is 24.6 Å². The second-order valence-electron chi connectivity index (χ2n) is 6.25. The van der Waals surface area contributed by atoms with E-state index in [4.69, 9.17) is 21.4 Å². The van der Waals surface area contributed by atoms with Crippen LogP contribution in [0.4, 0.5) is 0 Å². The third-order valence-corrected chi connectivity index (χ3v) is 5.34. The van der Waals surface area contributed by atoms with Crippen molar-refractivity contribution < 1.29 is 0 Å². The Morgan fingerprint density at radius 2 is 1.65 bits per heavy atom. The predicted molar refractivity (Wildman–Crippen MR) is 107 cm³/mol. The van der Waals surface area contributed by atoms with E-state index in [9.17, 15) is 0 Å². The highest BCUT2D eigenvalue weighted by atomic mass is 32.1. The number of nitrogens with two attached hydrogens (primary N) is 2. The summed E-state index contributed by atoms with van der Waals surface area (Å²) < 4.78 is 0.992. The second-order valence-corrected chi connectivity index (χ2v) is 7.13. The molecule has 0 saturated carbocycles. The van der Waals surface area contributed by atoms with Crippen LogP contribution in [0.25, 0.3) is 32.7 Å². The molecule has 0 aliphatic heterocycles. The first-order valence-corrected chi connectivity index (χ1v) is 9.29. The lowest BCUT2D eigenvalue weighted by molar-refractivity contribution is 0.579. The van der Waals surface area contributed by atoms with Crippen LogP contribution in [0.1, 0.15) is 18.7 Å². The number of pyridine rings is 1. The minimum Gasteiger partial charge on any atom is -0.326 e. The first kappa shape index (κ1) is 16.8. The van der Waals surface area contributed by atoms with Gasteiger partial charge in [0.2, 0.25) is 0 Å². The molecule has 4 N–H and O–H groups in total. The Morgan fingerprint density at radius 3 is 2.35 bits per heavy atom. The van der Waals surface area contributed by atoms with Crippen LogP contribution in [-0.2, 0) is 0 Å². The number of hydrogen-bond acceptors (Lipinski definition) is 6. The van der Waals surface area contributed by atoms with Gasteiger partial charge in [-0.2, -0.15) is 0 Å². The highest BCUT2D eigenvalue weighted by molar-refractivity contribution is 7.17. The van der Waals surface area contributed by atoms with Gasteiger partial charge in [-0.1, -0.05) is 30.3 Å². The lowest BCUT2D eigenvalue weighted by atomic mass is 10.0. The molecule has 0 aliphatic rings. The summed E-state index contributed by atoms with van der Waals surface area (Å²) in [5, 5.41) is 2.11. The van der Waals surface area contributed by atoms with Gasteiger partial charge >= 0.3 is 0 Å². The van der Waals surface area contributed by atoms with Crippen LogP contribution in [-0.4, -0.2) is 21.0 Å². The smallest absolute Gasteiger partial charge is 0.160 e. The van der Waals surface area contributed by atoms with Crippen LogP contribution in [0.5, 0.6) is 0 Å². The Kier molecular flexibility index (Phi) is 4.46. The van der Waals surface area contributed by atoms with Gasteiger partial charge in [0.05, 0.1) is 22.0 Å². The van der Waals surface area contributed by atoms with E-state index in [2.05, 4.69) is 22.5 Å². The van der Waals surface area contributed by atoms with Gasteiger partial charge in [-0.25, -0.2) is 9.97 Å². The van der Waals surface area contributed by atoms with Crippen molar-refractivity contribution in [1.82, 2.24) is 15.0 Å². The lowest BCUT2D eigenvalue weighted by Crippen LogP contribution is -2.32. The molecule has 0 amide bonds. The monoisotopic (exact) mass is 361 g/mol. The summed E-state index contributed by atoms with van der Waals surface area (Å²) >= 11 is 1.61. The molecule has 1 aromatic carbocycles. The maximum atomic E-state index is 6.38. The maximum absolute atomic E-state index is 6.38. The molecule has 130 valence electrons. The number of thiophene rings is 1. The van der Waals surface area contributed by atoms with Crippen LogP contribution in [0.15, 0.2) is 60.2 Å². The van der Waals surface area contributed by atoms with E-state index in [-0.39, 0.29) is 12.1 Å². The summed E-state index contributed by atoms with van der Waals surface area (Å²) in [4.78, 5) is 13.7. The van der Waals surface area contributed by atoms with Crippen molar-refractivity contribution in [1.29, 1.82) is 0 Å². The Labute approximate surface area is 155 Å². The molecule has 0 aliphatic carbocycles. The van der Waals surface area contributed by atoms with Crippen LogP contribution >= 0.6 is 11.3 Å². The normalized spacial score (nSPS) is 13.7. The molecular weight excluding hydrogens is 342 g/mol. The molecule has 4 rings (SSSR count). The number of rotatable bonds is 4. The molecule has 26 heavy (non-hydrogen) atoms. The van der Waals surface area contributed by atoms with E-state index in [0.717, 1.165) is 32.6 Å². The van der Waals surface area contributed by atoms with Crippen LogP contribution < -0.4 is 11.5 Å². The van der Waals surface area contributed by atoms with Crippen molar-refractivity contribution in [3.8, 4) is 22.5 Å². The summed E-state index contributed by atoms with van der Waals surface area (Å²) in [7, 11) is 0. The standard InChI is InChI=1S/C20H19N5S/c1-12(21)16(22)18-19-17(15(11-26-19)13-5-3-2-4-6-13)24-20(25-18)14-7-9-23-10-8-14/h2-12,16H,21-22H2,1H3. The largest absolute Gasteiger partial charge is 0.326 e. The van der Waals surface area contributed by atoms with Gasteiger partial charge in [0.1, 0.15) is 0 Å². The summed E-state index contributed by atoms with van der Waals surface area (Å²) in [5.41, 5.74) is 17.3. The number of nitrogens with zero attached hydrogens (tertiary/aromatic N) is 3. The third kappa shape index (κ3) is 2.99. The average Bonchev–Trinajstić information content (AvgIpc) is 3.12. The van der Waals surface area contributed by atoms with E-state index in [1.54, 1.807) is 23.7 Å². The molecule has 6 heteroatoms. The van der Waals surface area contributed by atoms with Gasteiger partial charge in [-0.3, -0.25) is 4.98 Å². The SMILES string of the molecule is CC(N)C(N)c1nc(-c2ccncc2)nc2c(-c3ccccc3)csc12. The lowest BCUT2D eigenvalue weighted by Gasteiger charge is -2.17. The Hall–Kier alpha value is -2.67. The van der Waals surface area contributed by atoms with E-state index >= 15 is 0 Å². The predicted octanol–water partition coefficient (Wildman–Crippen LogP) is 3.77. The van der Waals surface area contributed by atoms with Gasteiger partial charge in [0, 0.05) is 34.9 Å². The number of benzene rings is 1. The zero-order valence-corrected chi connectivity index (χ0v) is 15.1. The van der Waals surface area contributed by atoms with E-state index in [0.29, 0.717) is 5.82 Å². The molecule has 0 bridgehead atoms. The fourth-order valence-electron chi connectivity index (χ4n) is 2.87. The van der Waals surface area contributed by atoms with Crippen molar-refractivity contribution in [3.05, 3.63) is 65.9 Å². The molecule has 0 spiro atoms. The zero-order chi connectivity index (χ0) is 18.1. The molecule has 0 saturated heterocycles. The van der Waals surface area contributed by atoms with Crippen molar-refractivity contribution >= 4 is 21.6 Å². The summed E-state index contributed by atoms with van der Waals surface area (Å²) in [6.07, 6.45) is 3.47. The highest BCUT2D eigenvalue weighted by Gasteiger charge is 2.21. The molecule has 5 nitrogen and oxygen atoms in total. The minimum absolute atomic E-state index is 0.208. The molecule has 3 aromatic heterocycles. The molecule has 4 aromatic rings. The molecule has 2 atom stereocenters. The zero-order valence-electron chi connectivity index (χ0n) is 14.3. The van der Waals surface area contributed by atoms with Gasteiger partial charge < -0.3 is 11.5 Å². The van der Waals surface area contributed by atoms with Gasteiger partial charge in [0.15, 0.2) is 5.82 Å². The number of aromatic nitrogens is 3. The van der Waals surface area contributed by atoms with Gasteiger partial charge in [-0.15, -0.1) is 11.3 Å². The minimum atomic E-state index is -0.358. The topological polar surface area (TPSA) is 90.7 Å². The van der Waals surface area contributed by atoms with E-state index < -0.39 is 0 Å². The van der Waals surface area contributed by atoms with Crippen molar-refractivity contribution in [2.24, 2.45) is 11.5 Å². The Balaban J connectivity index is 1.99. The molecule has 0 fully saturated rings. The number of hydrogen-bond donors (Lipinski definition) is 2. The summed E-state index contributed by atoms with van der Waals surface area (Å²) in [6, 6.07) is 13.5. The van der Waals surface area contributed by atoms with Crippen LogP contribution in [0.2, 0.25) is 0 Å². The first-order chi connectivity index (χ1) is 12.6. The summed E-state index contributed by atoms with van der Waals surface area (Å²) in [6.45, 7) is 1.90. The van der Waals surface area contributed by atoms with Crippen molar-refractivity contribution in [3.63, 3.8) is 0 Å². The highest BCUT2D eigenvalue weighted by Crippen LogP contribution is 2.37. The quantitative estimate of drug-likeness (QED) is 0.577. The first-order valence-electron chi connectivity index (χ1n) is 8.41. The third-order valence-electron chi connectivity index (χ3n) is 4.35. The van der Waals surface area contributed by atoms with Gasteiger partial charge in [0.25, 0.3) is 0 Å². The second kappa shape index (κ2) is 6.92. The van der Waals surface area contributed by atoms with Crippen LogP contribution in [0, 0.1) is 0 Å². The fraction of sp³-hybridized carbons (Fsp3) is 0.150. The van der Waals surface area contributed by atoms with Crippen molar-refractivity contribution in [2.45, 2.75) is 19.0 Å². The average molecular weight is 361 g/mol. The molecular formula is C20H19N5S. The fourth-order valence-corrected chi connectivity index (χ4v) is 3.92. The number of fused-ring (bicyclic) bond motifs is 1. The van der Waals surface area contributed by atoms with Crippen LogP contribution in [0.3, 0.4) is 0 Å². The molecule has 3 heterocycles. The van der Waals surface area contributed by atoms with E-state index in [1.165, 1.54) is 0 Å². The van der Waals surface area contributed by atoms with Crippen molar-refractivity contribution in [2.75, 3.05) is 0 Å². The van der Waals surface area contributed by atoms with E-state index in [1.807, 2.05) is 37.3 Å². The Bertz CT molecular complexity index is 1030. The Morgan fingerprint density at radius 1 is 0.923 bits per heavy atom. The molecule has 2 unspecified atom stereocenters. The summed E-state index contributed by atoms with van der Waals surface area (Å²) in [5.74, 6) is 0.640. The maximum Gasteiger partial charge on any atom is 0.160 e. The molecule has 0 radical (unpaired) electrons.